The van der Waals surface area contributed by atoms with Gasteiger partial charge in [-0.15, -0.1) is 0 Å². The number of likely N-dealkylation sites (N-methyl/N-ethyl adjacent to an activating group) is 1. The minimum Gasteiger partial charge on any atom is -0.756 e. The van der Waals surface area contributed by atoms with Crippen molar-refractivity contribution in [3.63, 3.8) is 0 Å². The topological polar surface area (TPSA) is 69.6 Å². The van der Waals surface area contributed by atoms with E-state index in [2.05, 4.69) is 25.5 Å². The molecule has 0 fully saturated rings. The Morgan fingerprint density at radius 3 is 1.54 bits per heavy atom. The largest absolute Gasteiger partial charge is 0.756 e. The first-order valence-electron chi connectivity index (χ1n) is 10.8. The summed E-state index contributed by atoms with van der Waals surface area (Å²) in [6.45, 7) is 3.91. The van der Waals surface area contributed by atoms with Gasteiger partial charge in [-0.2, -0.15) is 0 Å². The van der Waals surface area contributed by atoms with Crippen molar-refractivity contribution < 1.29 is 23.4 Å². The smallest absolute Gasteiger partial charge is 0.265 e. The van der Waals surface area contributed by atoms with Crippen molar-refractivity contribution in [3.8, 4) is 0 Å². The Labute approximate surface area is 162 Å². The highest BCUT2D eigenvalue weighted by Gasteiger charge is 2.15. The molecular formula is C20H44NO4P. The highest BCUT2D eigenvalue weighted by Crippen LogP contribution is 2.29. The third-order valence-electron chi connectivity index (χ3n) is 5.07. The number of phosphoric acid groups is 1. The SMILES string of the molecule is CCCCCCCCCCCCCCCC[N+](C)(C)CCOP(=O)([O-])O. The van der Waals surface area contributed by atoms with Crippen molar-refractivity contribution in [2.75, 3.05) is 33.8 Å². The summed E-state index contributed by atoms with van der Waals surface area (Å²) in [4.78, 5) is 19.2. The monoisotopic (exact) mass is 393 g/mol. The van der Waals surface area contributed by atoms with Gasteiger partial charge in [0.25, 0.3) is 7.82 Å². The molecule has 0 aromatic rings. The molecule has 1 N–H and O–H groups in total. The lowest BCUT2D eigenvalue weighted by molar-refractivity contribution is -0.890. The second-order valence-corrected chi connectivity index (χ2v) is 9.48. The van der Waals surface area contributed by atoms with Crippen LogP contribution in [0.3, 0.4) is 0 Å². The Morgan fingerprint density at radius 1 is 0.769 bits per heavy atom. The quantitative estimate of drug-likeness (QED) is 0.190. The molecule has 0 saturated carbocycles. The third-order valence-corrected chi connectivity index (χ3v) is 5.58. The first-order valence-corrected chi connectivity index (χ1v) is 12.3. The van der Waals surface area contributed by atoms with Crippen LogP contribution < -0.4 is 4.89 Å². The third kappa shape index (κ3) is 20.4. The second-order valence-electron chi connectivity index (χ2n) is 8.28. The Bertz CT molecular complexity index is 358. The molecule has 0 aliphatic heterocycles. The number of phosphoric ester groups is 1. The molecule has 0 amide bonds. The molecule has 26 heavy (non-hydrogen) atoms. The molecule has 0 aliphatic carbocycles. The Balaban J connectivity index is 3.33. The lowest BCUT2D eigenvalue weighted by Gasteiger charge is -2.30. The molecule has 0 aromatic heterocycles. The molecule has 1 atom stereocenters. The highest BCUT2D eigenvalue weighted by atomic mass is 31.2. The van der Waals surface area contributed by atoms with E-state index in [0.29, 0.717) is 6.54 Å². The summed E-state index contributed by atoms with van der Waals surface area (Å²) in [5, 5.41) is 0. The van der Waals surface area contributed by atoms with Gasteiger partial charge < -0.3 is 18.8 Å². The van der Waals surface area contributed by atoms with E-state index in [9.17, 15) is 9.46 Å². The molecule has 0 spiro atoms. The predicted octanol–water partition coefficient (Wildman–Crippen LogP) is 5.02. The number of nitrogens with zero attached hydrogens (tertiary/aromatic N) is 1. The van der Waals surface area contributed by atoms with E-state index in [1.165, 1.54) is 83.5 Å². The molecule has 0 heterocycles. The molecule has 0 aromatic carbocycles. The average molecular weight is 394 g/mol. The van der Waals surface area contributed by atoms with Crippen molar-refractivity contribution in [1.29, 1.82) is 0 Å². The Morgan fingerprint density at radius 2 is 1.15 bits per heavy atom. The van der Waals surface area contributed by atoms with Crippen LogP contribution in [0.25, 0.3) is 0 Å². The molecule has 0 aliphatic rings. The minimum absolute atomic E-state index is 0.0445. The van der Waals surface area contributed by atoms with Crippen molar-refractivity contribution in [2.24, 2.45) is 0 Å². The van der Waals surface area contributed by atoms with Gasteiger partial charge in [-0.25, -0.2) is 0 Å². The average Bonchev–Trinajstić information content (AvgIpc) is 2.53. The van der Waals surface area contributed by atoms with Gasteiger partial charge in [0, 0.05) is 0 Å². The van der Waals surface area contributed by atoms with Crippen molar-refractivity contribution in [3.05, 3.63) is 0 Å². The van der Waals surface area contributed by atoms with Crippen LogP contribution in [0, 0.1) is 0 Å². The van der Waals surface area contributed by atoms with Crippen LogP contribution >= 0.6 is 7.82 Å². The number of rotatable bonds is 19. The molecule has 0 rings (SSSR count). The van der Waals surface area contributed by atoms with Crippen LogP contribution in [-0.2, 0) is 9.09 Å². The standard InChI is InChI=1S/C20H44NO4P/c1-4-5-6-7-8-9-10-11-12-13-14-15-16-17-18-21(2,3)19-20-25-26(22,23)24/h4-20H2,1-3H3,(H-,22,23,24). The summed E-state index contributed by atoms with van der Waals surface area (Å²) in [7, 11) is -0.437. The van der Waals surface area contributed by atoms with E-state index >= 15 is 0 Å². The fourth-order valence-electron chi connectivity index (χ4n) is 3.25. The number of hydrogen-bond acceptors (Lipinski definition) is 3. The fourth-order valence-corrected chi connectivity index (χ4v) is 3.56. The lowest BCUT2D eigenvalue weighted by Crippen LogP contribution is -2.43. The summed E-state index contributed by atoms with van der Waals surface area (Å²) >= 11 is 0. The van der Waals surface area contributed by atoms with E-state index in [1.54, 1.807) is 0 Å². The van der Waals surface area contributed by atoms with Gasteiger partial charge in [0.2, 0.25) is 0 Å². The summed E-state index contributed by atoms with van der Waals surface area (Å²) in [5.41, 5.74) is 0. The maximum atomic E-state index is 10.6. The highest BCUT2D eigenvalue weighted by molar-refractivity contribution is 7.44. The maximum Gasteiger partial charge on any atom is 0.265 e. The number of unbranched alkanes of at least 4 members (excludes halogenated alkanes) is 13. The van der Waals surface area contributed by atoms with Crippen LogP contribution in [0.15, 0.2) is 0 Å². The number of quaternary nitrogens is 1. The molecular weight excluding hydrogens is 349 g/mol. The van der Waals surface area contributed by atoms with Gasteiger partial charge in [-0.1, -0.05) is 84.0 Å². The van der Waals surface area contributed by atoms with Gasteiger partial charge in [0.1, 0.15) is 13.2 Å². The van der Waals surface area contributed by atoms with Gasteiger partial charge in [0.15, 0.2) is 0 Å². The van der Waals surface area contributed by atoms with Crippen molar-refractivity contribution in [2.45, 2.75) is 96.8 Å². The van der Waals surface area contributed by atoms with Crippen LogP contribution in [0.2, 0.25) is 0 Å². The zero-order chi connectivity index (χ0) is 19.7. The zero-order valence-corrected chi connectivity index (χ0v) is 18.5. The predicted molar refractivity (Wildman–Crippen MR) is 108 cm³/mol. The van der Waals surface area contributed by atoms with E-state index in [0.717, 1.165) is 17.4 Å². The second kappa shape index (κ2) is 16.1. The molecule has 158 valence electrons. The van der Waals surface area contributed by atoms with Gasteiger partial charge in [-0.3, -0.25) is 4.57 Å². The zero-order valence-electron chi connectivity index (χ0n) is 17.6. The van der Waals surface area contributed by atoms with Crippen molar-refractivity contribution >= 4 is 7.82 Å². The summed E-state index contributed by atoms with van der Waals surface area (Å²) in [6, 6.07) is 0. The molecule has 0 saturated heterocycles. The van der Waals surface area contributed by atoms with Crippen LogP contribution in [0.4, 0.5) is 0 Å². The van der Waals surface area contributed by atoms with E-state index in [4.69, 9.17) is 4.89 Å². The van der Waals surface area contributed by atoms with Crippen LogP contribution in [0.1, 0.15) is 96.8 Å². The summed E-state index contributed by atoms with van der Waals surface area (Å²) < 4.78 is 15.7. The van der Waals surface area contributed by atoms with Gasteiger partial charge in [0.05, 0.1) is 20.6 Å². The van der Waals surface area contributed by atoms with E-state index in [1.807, 2.05) is 0 Å². The minimum atomic E-state index is -4.57. The normalized spacial score (nSPS) is 14.5. The molecule has 5 nitrogen and oxygen atoms in total. The number of hydrogen-bond donors (Lipinski definition) is 1. The van der Waals surface area contributed by atoms with Gasteiger partial charge >= 0.3 is 0 Å². The van der Waals surface area contributed by atoms with E-state index in [-0.39, 0.29) is 6.61 Å². The summed E-state index contributed by atoms with van der Waals surface area (Å²) in [5.74, 6) is 0. The molecule has 1 unspecified atom stereocenters. The maximum absolute atomic E-state index is 10.6. The Hall–Kier alpha value is 0.0700. The van der Waals surface area contributed by atoms with E-state index < -0.39 is 7.82 Å². The first kappa shape index (κ1) is 26.1. The molecule has 0 radical (unpaired) electrons. The first-order chi connectivity index (χ1) is 12.3. The molecule has 6 heteroatoms. The lowest BCUT2D eigenvalue weighted by atomic mass is 10.0. The van der Waals surface area contributed by atoms with Crippen LogP contribution in [0.5, 0.6) is 0 Å². The van der Waals surface area contributed by atoms with Gasteiger partial charge in [-0.05, 0) is 12.8 Å². The fraction of sp³-hybridized carbons (Fsp3) is 1.00. The molecule has 0 bridgehead atoms. The summed E-state index contributed by atoms with van der Waals surface area (Å²) in [6.07, 6.45) is 19.0. The van der Waals surface area contributed by atoms with Crippen LogP contribution in [-0.4, -0.2) is 43.2 Å². The van der Waals surface area contributed by atoms with Crippen molar-refractivity contribution in [1.82, 2.24) is 0 Å². The Kier molecular flexibility index (Phi) is 16.1.